The van der Waals surface area contributed by atoms with E-state index in [4.69, 9.17) is 18.9 Å². The summed E-state index contributed by atoms with van der Waals surface area (Å²) in [6, 6.07) is 17.2. The molecule has 6 nitrogen and oxygen atoms in total. The summed E-state index contributed by atoms with van der Waals surface area (Å²) in [5, 5.41) is 0. The smallest absolute Gasteiger partial charge is 0.411 e. The third kappa shape index (κ3) is 4.94. The molecular weight excluding hydrogens is 382 g/mol. The Morgan fingerprint density at radius 3 is 2.73 bits per heavy atom. The van der Waals surface area contributed by atoms with Gasteiger partial charge in [0.1, 0.15) is 18.1 Å². The molecule has 1 amide bonds. The maximum atomic E-state index is 12.7. The number of fused-ring (bicyclic) bond motifs is 2. The van der Waals surface area contributed by atoms with Crippen LogP contribution in [-0.4, -0.2) is 50.0 Å². The van der Waals surface area contributed by atoms with Gasteiger partial charge in [-0.1, -0.05) is 48.0 Å². The van der Waals surface area contributed by atoms with Crippen molar-refractivity contribution in [1.29, 1.82) is 0 Å². The first-order chi connectivity index (χ1) is 14.7. The van der Waals surface area contributed by atoms with E-state index in [0.29, 0.717) is 19.8 Å². The minimum Gasteiger partial charge on any atom is -0.497 e. The van der Waals surface area contributed by atoms with Crippen LogP contribution in [0.1, 0.15) is 18.4 Å². The summed E-state index contributed by atoms with van der Waals surface area (Å²) >= 11 is 0. The number of rotatable bonds is 7. The summed E-state index contributed by atoms with van der Waals surface area (Å²) < 4.78 is 22.4. The molecule has 2 unspecified atom stereocenters. The second-order valence-electron chi connectivity index (χ2n) is 7.51. The standard InChI is InChI=1S/C24H27NO5/c1-27-22-8-5-9-23(14-22)29-11-10-19-12-20-16-28-17-21(13-19)25(20)24(26)30-15-18-6-3-2-4-7-18/h2-9,12,14,20-21H,10-11,13,15-17H2,1H3. The Kier molecular flexibility index (Phi) is 6.54. The Bertz CT molecular complexity index is 882. The summed E-state index contributed by atoms with van der Waals surface area (Å²) in [7, 11) is 1.64. The largest absolute Gasteiger partial charge is 0.497 e. The molecule has 2 aliphatic rings. The highest BCUT2D eigenvalue weighted by Crippen LogP contribution is 2.30. The molecule has 30 heavy (non-hydrogen) atoms. The predicted octanol–water partition coefficient (Wildman–Crippen LogP) is 4.20. The van der Waals surface area contributed by atoms with Crippen LogP contribution in [0.25, 0.3) is 0 Å². The maximum Gasteiger partial charge on any atom is 0.411 e. The van der Waals surface area contributed by atoms with Crippen LogP contribution in [0.2, 0.25) is 0 Å². The van der Waals surface area contributed by atoms with Crippen LogP contribution in [0.3, 0.4) is 0 Å². The molecule has 0 spiro atoms. The molecule has 158 valence electrons. The van der Waals surface area contributed by atoms with Crippen molar-refractivity contribution in [1.82, 2.24) is 4.90 Å². The second kappa shape index (κ2) is 9.67. The number of morpholine rings is 1. The zero-order chi connectivity index (χ0) is 20.8. The van der Waals surface area contributed by atoms with Crippen LogP contribution in [0.5, 0.6) is 11.5 Å². The predicted molar refractivity (Wildman–Crippen MR) is 113 cm³/mol. The fourth-order valence-electron chi connectivity index (χ4n) is 3.94. The molecule has 0 radical (unpaired) electrons. The van der Waals surface area contributed by atoms with Crippen LogP contribution >= 0.6 is 0 Å². The van der Waals surface area contributed by atoms with E-state index in [1.807, 2.05) is 59.5 Å². The minimum atomic E-state index is -0.278. The van der Waals surface area contributed by atoms with Crippen molar-refractivity contribution in [2.75, 3.05) is 26.9 Å². The molecule has 0 saturated carbocycles. The Labute approximate surface area is 177 Å². The Hall–Kier alpha value is -2.99. The minimum absolute atomic E-state index is 0.00356. The summed E-state index contributed by atoms with van der Waals surface area (Å²) in [4.78, 5) is 14.6. The van der Waals surface area contributed by atoms with Gasteiger partial charge in [0.15, 0.2) is 0 Å². The number of nitrogens with zero attached hydrogens (tertiary/aromatic N) is 1. The van der Waals surface area contributed by atoms with E-state index in [9.17, 15) is 4.79 Å². The molecule has 2 heterocycles. The number of carbonyl (C=O) groups excluding carboxylic acids is 1. The highest BCUT2D eigenvalue weighted by atomic mass is 16.6. The van der Waals surface area contributed by atoms with E-state index in [1.165, 1.54) is 5.57 Å². The highest BCUT2D eigenvalue weighted by molar-refractivity contribution is 5.69. The average Bonchev–Trinajstić information content (AvgIpc) is 2.78. The van der Waals surface area contributed by atoms with Crippen molar-refractivity contribution in [3.05, 3.63) is 71.8 Å². The highest BCUT2D eigenvalue weighted by Gasteiger charge is 2.38. The Balaban J connectivity index is 1.32. The molecule has 2 aromatic carbocycles. The van der Waals surface area contributed by atoms with Gasteiger partial charge in [-0.2, -0.15) is 0 Å². The molecule has 2 bridgehead atoms. The molecule has 1 fully saturated rings. The van der Waals surface area contributed by atoms with Gasteiger partial charge in [-0.15, -0.1) is 0 Å². The number of carbonyl (C=O) groups is 1. The zero-order valence-electron chi connectivity index (χ0n) is 17.2. The van der Waals surface area contributed by atoms with E-state index in [-0.39, 0.29) is 24.8 Å². The third-order valence-electron chi connectivity index (χ3n) is 5.42. The van der Waals surface area contributed by atoms with Crippen molar-refractivity contribution >= 4 is 6.09 Å². The third-order valence-corrected chi connectivity index (χ3v) is 5.42. The van der Waals surface area contributed by atoms with Gasteiger partial charge >= 0.3 is 6.09 Å². The fraction of sp³-hybridized carbons (Fsp3) is 0.375. The average molecular weight is 409 g/mol. The number of methoxy groups -OCH3 is 1. The lowest BCUT2D eigenvalue weighted by atomic mass is 9.93. The van der Waals surface area contributed by atoms with Crippen molar-refractivity contribution in [2.45, 2.75) is 31.5 Å². The second-order valence-corrected chi connectivity index (χ2v) is 7.51. The lowest BCUT2D eigenvalue weighted by molar-refractivity contribution is -0.0376. The normalized spacial score (nSPS) is 20.3. The molecule has 1 saturated heterocycles. The van der Waals surface area contributed by atoms with Crippen molar-refractivity contribution < 1.29 is 23.7 Å². The quantitative estimate of drug-likeness (QED) is 0.642. The molecule has 4 rings (SSSR count). The van der Waals surface area contributed by atoms with Crippen LogP contribution in [-0.2, 0) is 16.1 Å². The number of ether oxygens (including phenoxy) is 4. The first-order valence-electron chi connectivity index (χ1n) is 10.3. The monoisotopic (exact) mass is 409 g/mol. The van der Waals surface area contributed by atoms with Gasteiger partial charge in [-0.05, 0) is 24.1 Å². The van der Waals surface area contributed by atoms with Crippen LogP contribution < -0.4 is 9.47 Å². The molecular formula is C24H27NO5. The summed E-state index contributed by atoms with van der Waals surface area (Å²) in [6.07, 6.45) is 3.45. The van der Waals surface area contributed by atoms with E-state index < -0.39 is 0 Å². The van der Waals surface area contributed by atoms with E-state index in [2.05, 4.69) is 6.08 Å². The molecule has 0 aliphatic carbocycles. The number of benzene rings is 2. The Morgan fingerprint density at radius 2 is 1.93 bits per heavy atom. The molecule has 6 heteroatoms. The lowest BCUT2D eigenvalue weighted by Crippen LogP contribution is -2.56. The number of amides is 1. The molecule has 0 N–H and O–H groups in total. The van der Waals surface area contributed by atoms with Crippen molar-refractivity contribution in [2.24, 2.45) is 0 Å². The van der Waals surface area contributed by atoms with Crippen molar-refractivity contribution in [3.63, 3.8) is 0 Å². The van der Waals surface area contributed by atoms with Crippen LogP contribution in [0.15, 0.2) is 66.2 Å². The van der Waals surface area contributed by atoms with Gasteiger partial charge in [-0.25, -0.2) is 4.79 Å². The first kappa shape index (κ1) is 20.3. The van der Waals surface area contributed by atoms with Crippen LogP contribution in [0, 0.1) is 0 Å². The van der Waals surface area contributed by atoms with E-state index >= 15 is 0 Å². The molecule has 2 aromatic rings. The van der Waals surface area contributed by atoms with Gasteiger partial charge < -0.3 is 18.9 Å². The molecule has 2 aliphatic heterocycles. The topological polar surface area (TPSA) is 57.2 Å². The lowest BCUT2D eigenvalue weighted by Gasteiger charge is -2.43. The van der Waals surface area contributed by atoms with E-state index in [1.54, 1.807) is 7.11 Å². The fourth-order valence-corrected chi connectivity index (χ4v) is 3.94. The van der Waals surface area contributed by atoms with Gasteiger partial charge in [0.05, 0.1) is 39.0 Å². The summed E-state index contributed by atoms with van der Waals surface area (Å²) in [5.41, 5.74) is 2.28. The van der Waals surface area contributed by atoms with E-state index in [0.717, 1.165) is 29.9 Å². The maximum absolute atomic E-state index is 12.7. The van der Waals surface area contributed by atoms with Gasteiger partial charge in [-0.3, -0.25) is 4.90 Å². The molecule has 2 atom stereocenters. The van der Waals surface area contributed by atoms with Crippen LogP contribution in [0.4, 0.5) is 4.79 Å². The summed E-state index contributed by atoms with van der Waals surface area (Å²) in [6.45, 7) is 1.89. The number of hydrogen-bond donors (Lipinski definition) is 0. The van der Waals surface area contributed by atoms with Gasteiger partial charge in [0.2, 0.25) is 0 Å². The van der Waals surface area contributed by atoms with Gasteiger partial charge in [0.25, 0.3) is 0 Å². The Morgan fingerprint density at radius 1 is 1.10 bits per heavy atom. The SMILES string of the molecule is COc1cccc(OCCC2=CC3COCC(C2)N3C(=O)OCc2ccccc2)c1. The number of hydrogen-bond acceptors (Lipinski definition) is 5. The van der Waals surface area contributed by atoms with Gasteiger partial charge in [0, 0.05) is 12.5 Å². The summed E-state index contributed by atoms with van der Waals surface area (Å²) in [5.74, 6) is 1.57. The molecule has 0 aromatic heterocycles. The first-order valence-corrected chi connectivity index (χ1v) is 10.3. The zero-order valence-corrected chi connectivity index (χ0v) is 17.2. The van der Waals surface area contributed by atoms with Crippen molar-refractivity contribution in [3.8, 4) is 11.5 Å².